The molecule has 0 radical (unpaired) electrons. The lowest BCUT2D eigenvalue weighted by molar-refractivity contribution is 0.102. The fourth-order valence-corrected chi connectivity index (χ4v) is 1.67. The average Bonchev–Trinajstić information content (AvgIpc) is 2.03. The number of rotatable bonds is 3. The summed E-state index contributed by atoms with van der Waals surface area (Å²) in [6.45, 7) is 1.88. The molecule has 1 atom stereocenters. The van der Waals surface area contributed by atoms with Gasteiger partial charge in [-0.3, -0.25) is 9.00 Å². The van der Waals surface area contributed by atoms with Crippen molar-refractivity contribution in [2.75, 3.05) is 12.0 Å². The van der Waals surface area contributed by atoms with E-state index in [4.69, 9.17) is 0 Å². The molecule has 0 fully saturated rings. The highest BCUT2D eigenvalue weighted by atomic mass is 32.2. The van der Waals surface area contributed by atoms with Gasteiger partial charge in [0.2, 0.25) is 0 Å². The van der Waals surface area contributed by atoms with E-state index in [0.717, 1.165) is 5.56 Å². The van der Waals surface area contributed by atoms with Crippen LogP contribution < -0.4 is 0 Å². The predicted octanol–water partition coefficient (Wildman–Crippen LogP) is 1.56. The number of hydrogen-bond donors (Lipinski definition) is 0. The Morgan fingerprint density at radius 2 is 2.00 bits per heavy atom. The molecule has 70 valence electrons. The smallest absolute Gasteiger partial charge is 0.175 e. The third-order valence-electron chi connectivity index (χ3n) is 1.78. The van der Waals surface area contributed by atoms with E-state index in [1.54, 1.807) is 6.07 Å². The van der Waals surface area contributed by atoms with E-state index in [1.165, 1.54) is 6.26 Å². The monoisotopic (exact) mass is 196 g/mol. The highest BCUT2D eigenvalue weighted by Crippen LogP contribution is 2.07. The SMILES string of the molecule is Cc1ccccc1C(=O)CS(C)=O. The van der Waals surface area contributed by atoms with Gasteiger partial charge in [-0.05, 0) is 12.5 Å². The molecule has 1 aromatic rings. The van der Waals surface area contributed by atoms with Gasteiger partial charge in [0, 0.05) is 22.6 Å². The molecule has 0 bridgehead atoms. The highest BCUT2D eigenvalue weighted by Gasteiger charge is 2.09. The third-order valence-corrected chi connectivity index (χ3v) is 2.45. The first-order valence-corrected chi connectivity index (χ1v) is 5.73. The topological polar surface area (TPSA) is 34.1 Å². The second kappa shape index (κ2) is 4.33. The fraction of sp³-hybridized carbons (Fsp3) is 0.300. The first kappa shape index (κ1) is 10.1. The molecular formula is C10H12O2S. The molecule has 0 aliphatic heterocycles. The minimum atomic E-state index is -1.05. The van der Waals surface area contributed by atoms with Gasteiger partial charge in [-0.2, -0.15) is 0 Å². The summed E-state index contributed by atoms with van der Waals surface area (Å²) in [6, 6.07) is 7.35. The molecule has 0 aromatic heterocycles. The Hall–Kier alpha value is -0.960. The molecule has 0 N–H and O–H groups in total. The van der Waals surface area contributed by atoms with Gasteiger partial charge in [0.15, 0.2) is 5.78 Å². The van der Waals surface area contributed by atoms with E-state index in [2.05, 4.69) is 0 Å². The maximum absolute atomic E-state index is 11.5. The fourth-order valence-electron chi connectivity index (χ4n) is 1.15. The van der Waals surface area contributed by atoms with E-state index >= 15 is 0 Å². The molecule has 0 heterocycles. The number of benzene rings is 1. The highest BCUT2D eigenvalue weighted by molar-refractivity contribution is 7.85. The van der Waals surface area contributed by atoms with Gasteiger partial charge in [0.25, 0.3) is 0 Å². The van der Waals surface area contributed by atoms with E-state index in [0.29, 0.717) is 5.56 Å². The second-order valence-electron chi connectivity index (χ2n) is 2.96. The second-order valence-corrected chi connectivity index (χ2v) is 4.39. The lowest BCUT2D eigenvalue weighted by Gasteiger charge is -2.01. The van der Waals surface area contributed by atoms with Crippen molar-refractivity contribution < 1.29 is 9.00 Å². The van der Waals surface area contributed by atoms with Crippen LogP contribution in [0.5, 0.6) is 0 Å². The quantitative estimate of drug-likeness (QED) is 0.687. The van der Waals surface area contributed by atoms with Crippen molar-refractivity contribution >= 4 is 16.6 Å². The Morgan fingerprint density at radius 1 is 1.38 bits per heavy atom. The number of hydrogen-bond acceptors (Lipinski definition) is 2. The lowest BCUT2D eigenvalue weighted by Crippen LogP contribution is -2.10. The van der Waals surface area contributed by atoms with Crippen LogP contribution in [0.4, 0.5) is 0 Å². The van der Waals surface area contributed by atoms with Crippen molar-refractivity contribution in [1.82, 2.24) is 0 Å². The zero-order chi connectivity index (χ0) is 9.84. The van der Waals surface area contributed by atoms with Crippen molar-refractivity contribution in [1.29, 1.82) is 0 Å². The van der Waals surface area contributed by atoms with Crippen molar-refractivity contribution in [3.63, 3.8) is 0 Å². The molecule has 2 nitrogen and oxygen atoms in total. The minimum absolute atomic E-state index is 0.0427. The normalized spacial score (nSPS) is 12.5. The van der Waals surface area contributed by atoms with Gasteiger partial charge >= 0.3 is 0 Å². The number of ketones is 1. The number of carbonyl (C=O) groups is 1. The summed E-state index contributed by atoms with van der Waals surface area (Å²) in [4.78, 5) is 11.5. The molecule has 0 aliphatic carbocycles. The lowest BCUT2D eigenvalue weighted by atomic mass is 10.1. The Morgan fingerprint density at radius 3 is 2.54 bits per heavy atom. The molecule has 13 heavy (non-hydrogen) atoms. The zero-order valence-electron chi connectivity index (χ0n) is 7.74. The van der Waals surface area contributed by atoms with Gasteiger partial charge in [0.05, 0.1) is 5.75 Å². The van der Waals surface area contributed by atoms with Crippen LogP contribution in [0.15, 0.2) is 24.3 Å². The number of Topliss-reactive ketones (excluding diaryl/α,β-unsaturated/α-hetero) is 1. The molecule has 0 saturated carbocycles. The third kappa shape index (κ3) is 2.77. The molecule has 0 saturated heterocycles. The van der Waals surface area contributed by atoms with Crippen molar-refractivity contribution in [2.45, 2.75) is 6.92 Å². The maximum Gasteiger partial charge on any atom is 0.175 e. The first-order valence-electron chi connectivity index (χ1n) is 4.00. The van der Waals surface area contributed by atoms with Crippen LogP contribution in [-0.2, 0) is 10.8 Å². The standard InChI is InChI=1S/C10H12O2S/c1-8-5-3-4-6-9(8)10(11)7-13(2)12/h3-6H,7H2,1-2H3. The Labute approximate surface area is 80.4 Å². The number of aryl methyl sites for hydroxylation is 1. The summed E-state index contributed by atoms with van der Waals surface area (Å²) >= 11 is 0. The van der Waals surface area contributed by atoms with Gasteiger partial charge in [0.1, 0.15) is 0 Å². The molecule has 0 amide bonds. The summed E-state index contributed by atoms with van der Waals surface area (Å²) in [5.74, 6) is 0.0733. The summed E-state index contributed by atoms with van der Waals surface area (Å²) < 4.78 is 10.8. The van der Waals surface area contributed by atoms with E-state index in [-0.39, 0.29) is 11.5 Å². The molecule has 0 aliphatic rings. The van der Waals surface area contributed by atoms with Crippen LogP contribution in [-0.4, -0.2) is 22.0 Å². The van der Waals surface area contributed by atoms with Crippen LogP contribution >= 0.6 is 0 Å². The molecular weight excluding hydrogens is 184 g/mol. The van der Waals surface area contributed by atoms with E-state index < -0.39 is 10.8 Å². The van der Waals surface area contributed by atoms with Crippen molar-refractivity contribution in [3.8, 4) is 0 Å². The van der Waals surface area contributed by atoms with Gasteiger partial charge in [-0.25, -0.2) is 0 Å². The Bertz CT molecular complexity index is 345. The summed E-state index contributed by atoms with van der Waals surface area (Å²) in [6.07, 6.45) is 1.54. The zero-order valence-corrected chi connectivity index (χ0v) is 8.56. The molecule has 1 unspecified atom stereocenters. The van der Waals surface area contributed by atoms with Crippen LogP contribution in [0.3, 0.4) is 0 Å². The van der Waals surface area contributed by atoms with Crippen LogP contribution in [0.25, 0.3) is 0 Å². The van der Waals surface area contributed by atoms with E-state index in [9.17, 15) is 9.00 Å². The van der Waals surface area contributed by atoms with Crippen molar-refractivity contribution in [2.24, 2.45) is 0 Å². The summed E-state index contributed by atoms with van der Waals surface area (Å²) in [5.41, 5.74) is 1.62. The van der Waals surface area contributed by atoms with E-state index in [1.807, 2.05) is 25.1 Å². The largest absolute Gasteiger partial charge is 0.293 e. The average molecular weight is 196 g/mol. The Balaban J connectivity index is 2.89. The van der Waals surface area contributed by atoms with Gasteiger partial charge in [-0.15, -0.1) is 0 Å². The van der Waals surface area contributed by atoms with Gasteiger partial charge < -0.3 is 0 Å². The first-order chi connectivity index (χ1) is 6.11. The molecule has 0 spiro atoms. The Kier molecular flexibility index (Phi) is 3.37. The maximum atomic E-state index is 11.5. The van der Waals surface area contributed by atoms with Gasteiger partial charge in [-0.1, -0.05) is 24.3 Å². The summed E-state index contributed by atoms with van der Waals surface area (Å²) in [5, 5.41) is 0. The van der Waals surface area contributed by atoms with Crippen LogP contribution in [0, 0.1) is 6.92 Å². The summed E-state index contributed by atoms with van der Waals surface area (Å²) in [7, 11) is -1.05. The molecule has 3 heteroatoms. The minimum Gasteiger partial charge on any atom is -0.293 e. The number of carbonyl (C=O) groups excluding carboxylic acids is 1. The van der Waals surface area contributed by atoms with Crippen LogP contribution in [0.1, 0.15) is 15.9 Å². The van der Waals surface area contributed by atoms with Crippen molar-refractivity contribution in [3.05, 3.63) is 35.4 Å². The predicted molar refractivity (Wildman–Crippen MR) is 54.4 cm³/mol. The molecule has 1 aromatic carbocycles. The molecule has 1 rings (SSSR count). The van der Waals surface area contributed by atoms with Crippen LogP contribution in [0.2, 0.25) is 0 Å².